The molecule has 1 fully saturated rings. The van der Waals surface area contributed by atoms with Crippen LogP contribution in [-0.2, 0) is 20.8 Å². The lowest BCUT2D eigenvalue weighted by atomic mass is 9.90. The number of carbonyl (C=O) groups is 4. The van der Waals surface area contributed by atoms with Crippen molar-refractivity contribution in [1.29, 1.82) is 0 Å². The topological polar surface area (TPSA) is 122 Å². The monoisotopic (exact) mass is 516 g/mol. The molecule has 3 rings (SSSR count). The first-order valence-electron chi connectivity index (χ1n) is 11.5. The Morgan fingerprint density at radius 2 is 1.94 bits per heavy atom. The number of hydrogen-bond donors (Lipinski definition) is 2. The van der Waals surface area contributed by atoms with Crippen molar-refractivity contribution < 1.29 is 33.8 Å². The van der Waals surface area contributed by atoms with Crippen LogP contribution in [0.4, 0.5) is 0 Å². The number of halogens is 1. The van der Waals surface area contributed by atoms with Gasteiger partial charge in [-0.2, -0.15) is 0 Å². The number of ether oxygens (including phenoxy) is 2. The van der Waals surface area contributed by atoms with E-state index in [4.69, 9.17) is 21.1 Å². The van der Waals surface area contributed by atoms with Crippen LogP contribution < -0.4 is 14.8 Å². The standard InChI is InChI=1S/C26H29ClN2O7/c1-4-15(19-6-5-7-20(26(33)34)24(19)36-3)12-23(31)29-14-22(30)28-13-17(25(29)32)10-16-11-18(27)8-9-21(16)35-2/h5-9,11,15,17H,4,10,12-14H2,1-3H3,(H,28,30)(H,33,34)/t15-,17+/m0/s1. The molecule has 10 heteroatoms. The molecule has 9 nitrogen and oxygen atoms in total. The second kappa shape index (κ2) is 11.9. The van der Waals surface area contributed by atoms with E-state index in [0.29, 0.717) is 28.3 Å². The van der Waals surface area contributed by atoms with Gasteiger partial charge in [-0.1, -0.05) is 30.7 Å². The number of para-hydroxylation sites is 1. The molecule has 2 N–H and O–H groups in total. The molecule has 192 valence electrons. The fraction of sp³-hybridized carbons (Fsp3) is 0.385. The molecule has 0 bridgehead atoms. The third-order valence-electron chi connectivity index (χ3n) is 6.31. The molecule has 1 aliphatic rings. The Hall–Kier alpha value is -3.59. The fourth-order valence-electron chi connectivity index (χ4n) is 4.43. The van der Waals surface area contributed by atoms with E-state index in [2.05, 4.69) is 5.32 Å². The average molecular weight is 517 g/mol. The summed E-state index contributed by atoms with van der Waals surface area (Å²) in [6.45, 7) is 1.54. The van der Waals surface area contributed by atoms with Gasteiger partial charge in [-0.05, 0) is 54.2 Å². The lowest BCUT2D eigenvalue weighted by molar-refractivity contribution is -0.148. The Kier molecular flexibility index (Phi) is 8.93. The van der Waals surface area contributed by atoms with Crippen molar-refractivity contribution in [2.45, 2.75) is 32.1 Å². The quantitative estimate of drug-likeness (QED) is 0.524. The summed E-state index contributed by atoms with van der Waals surface area (Å²) in [6.07, 6.45) is 0.614. The Morgan fingerprint density at radius 1 is 1.19 bits per heavy atom. The summed E-state index contributed by atoms with van der Waals surface area (Å²) >= 11 is 6.13. The summed E-state index contributed by atoms with van der Waals surface area (Å²) in [5, 5.41) is 12.7. The van der Waals surface area contributed by atoms with E-state index in [1.807, 2.05) is 6.92 Å². The van der Waals surface area contributed by atoms with Gasteiger partial charge in [0.25, 0.3) is 0 Å². The highest BCUT2D eigenvalue weighted by atomic mass is 35.5. The zero-order valence-corrected chi connectivity index (χ0v) is 21.1. The molecule has 2 aromatic rings. The second-order valence-electron chi connectivity index (χ2n) is 8.52. The molecule has 1 heterocycles. The van der Waals surface area contributed by atoms with Crippen molar-refractivity contribution in [3.63, 3.8) is 0 Å². The largest absolute Gasteiger partial charge is 0.496 e. The predicted octanol–water partition coefficient (Wildman–Crippen LogP) is 3.28. The fourth-order valence-corrected chi connectivity index (χ4v) is 4.63. The van der Waals surface area contributed by atoms with Gasteiger partial charge in [0.2, 0.25) is 17.7 Å². The lowest BCUT2D eigenvalue weighted by Gasteiger charge is -2.25. The smallest absolute Gasteiger partial charge is 0.339 e. The number of benzene rings is 2. The average Bonchev–Trinajstić information content (AvgIpc) is 3.00. The van der Waals surface area contributed by atoms with Crippen molar-refractivity contribution in [3.05, 3.63) is 58.1 Å². The van der Waals surface area contributed by atoms with Gasteiger partial charge >= 0.3 is 5.97 Å². The Labute approximate surface area is 214 Å². The Morgan fingerprint density at radius 3 is 2.58 bits per heavy atom. The van der Waals surface area contributed by atoms with Crippen LogP contribution in [0.3, 0.4) is 0 Å². The molecule has 1 aliphatic heterocycles. The molecule has 0 saturated carbocycles. The molecule has 1 saturated heterocycles. The van der Waals surface area contributed by atoms with Crippen LogP contribution in [0.5, 0.6) is 11.5 Å². The molecule has 3 amide bonds. The van der Waals surface area contributed by atoms with Crippen LogP contribution in [-0.4, -0.2) is 61.0 Å². The minimum Gasteiger partial charge on any atom is -0.496 e. The summed E-state index contributed by atoms with van der Waals surface area (Å²) in [5.41, 5.74) is 1.23. The van der Waals surface area contributed by atoms with Crippen molar-refractivity contribution >= 4 is 35.3 Å². The summed E-state index contributed by atoms with van der Waals surface area (Å²) in [7, 11) is 2.88. The Balaban J connectivity index is 1.86. The van der Waals surface area contributed by atoms with Crippen LogP contribution in [0.1, 0.15) is 47.2 Å². The maximum absolute atomic E-state index is 13.4. The first-order valence-corrected chi connectivity index (χ1v) is 11.9. The predicted molar refractivity (Wildman–Crippen MR) is 133 cm³/mol. The number of carbonyl (C=O) groups excluding carboxylic acids is 3. The molecule has 2 atom stereocenters. The zero-order valence-electron chi connectivity index (χ0n) is 20.4. The maximum Gasteiger partial charge on any atom is 0.339 e. The number of methoxy groups -OCH3 is 2. The summed E-state index contributed by atoms with van der Waals surface area (Å²) in [6, 6.07) is 9.79. The first-order chi connectivity index (χ1) is 17.2. The van der Waals surface area contributed by atoms with Gasteiger partial charge in [-0.15, -0.1) is 0 Å². The van der Waals surface area contributed by atoms with E-state index in [0.717, 1.165) is 4.90 Å². The highest BCUT2D eigenvalue weighted by Gasteiger charge is 2.35. The second-order valence-corrected chi connectivity index (χ2v) is 8.96. The molecule has 36 heavy (non-hydrogen) atoms. The van der Waals surface area contributed by atoms with Crippen molar-refractivity contribution in [2.24, 2.45) is 5.92 Å². The molecule has 0 aromatic heterocycles. The third-order valence-corrected chi connectivity index (χ3v) is 6.54. The van der Waals surface area contributed by atoms with Gasteiger partial charge in [0.05, 0.1) is 20.1 Å². The first kappa shape index (κ1) is 27.0. The van der Waals surface area contributed by atoms with Crippen LogP contribution >= 0.6 is 11.6 Å². The number of hydrogen-bond acceptors (Lipinski definition) is 6. The number of carboxylic acid groups (broad SMARTS) is 1. The molecule has 0 radical (unpaired) electrons. The number of carboxylic acids is 1. The van der Waals surface area contributed by atoms with Crippen molar-refractivity contribution in [1.82, 2.24) is 10.2 Å². The molecule has 0 unspecified atom stereocenters. The highest BCUT2D eigenvalue weighted by Crippen LogP contribution is 2.35. The summed E-state index contributed by atoms with van der Waals surface area (Å²) < 4.78 is 10.7. The minimum absolute atomic E-state index is 0.0124. The normalized spacial score (nSPS) is 16.7. The number of nitrogens with zero attached hydrogens (tertiary/aromatic N) is 1. The van der Waals surface area contributed by atoms with E-state index in [9.17, 15) is 24.3 Å². The van der Waals surface area contributed by atoms with E-state index in [-0.39, 0.29) is 37.2 Å². The van der Waals surface area contributed by atoms with Gasteiger partial charge in [0.15, 0.2) is 0 Å². The molecule has 0 spiro atoms. The van der Waals surface area contributed by atoms with Gasteiger partial charge in [0, 0.05) is 18.0 Å². The van der Waals surface area contributed by atoms with Crippen LogP contribution in [0, 0.1) is 5.92 Å². The number of nitrogens with one attached hydrogen (secondary N) is 1. The van der Waals surface area contributed by atoms with Crippen LogP contribution in [0.15, 0.2) is 36.4 Å². The van der Waals surface area contributed by atoms with Crippen molar-refractivity contribution in [2.75, 3.05) is 27.3 Å². The third kappa shape index (κ3) is 5.96. The van der Waals surface area contributed by atoms with E-state index in [1.165, 1.54) is 20.3 Å². The molecule has 2 aromatic carbocycles. The van der Waals surface area contributed by atoms with E-state index >= 15 is 0 Å². The number of rotatable bonds is 9. The highest BCUT2D eigenvalue weighted by molar-refractivity contribution is 6.30. The Bertz CT molecular complexity index is 1170. The van der Waals surface area contributed by atoms with Gasteiger partial charge in [-0.3, -0.25) is 19.3 Å². The number of imide groups is 1. The number of aromatic carboxylic acids is 1. The summed E-state index contributed by atoms with van der Waals surface area (Å²) in [4.78, 5) is 51.8. The molecule has 0 aliphatic carbocycles. The van der Waals surface area contributed by atoms with E-state index in [1.54, 1.807) is 30.3 Å². The SMILES string of the molecule is CC[C@@H](CC(=O)N1CC(=O)NC[C@@H](Cc2cc(Cl)ccc2OC)C1=O)c1cccc(C(=O)O)c1OC. The zero-order chi connectivity index (χ0) is 26.4. The lowest BCUT2D eigenvalue weighted by Crippen LogP contribution is -2.43. The minimum atomic E-state index is -1.14. The maximum atomic E-state index is 13.4. The van der Waals surface area contributed by atoms with Crippen molar-refractivity contribution in [3.8, 4) is 11.5 Å². The summed E-state index contributed by atoms with van der Waals surface area (Å²) in [5.74, 6) is -2.96. The van der Waals surface area contributed by atoms with Gasteiger partial charge in [-0.25, -0.2) is 4.79 Å². The number of amides is 3. The van der Waals surface area contributed by atoms with Crippen LogP contribution in [0.25, 0.3) is 0 Å². The molecular formula is C26H29ClN2O7. The van der Waals surface area contributed by atoms with Crippen LogP contribution in [0.2, 0.25) is 5.02 Å². The van der Waals surface area contributed by atoms with Gasteiger partial charge in [0.1, 0.15) is 23.6 Å². The van der Waals surface area contributed by atoms with Gasteiger partial charge < -0.3 is 19.9 Å². The van der Waals surface area contributed by atoms with E-state index < -0.39 is 35.5 Å². The molecular weight excluding hydrogens is 488 g/mol.